The van der Waals surface area contributed by atoms with Gasteiger partial charge in [0.15, 0.2) is 0 Å². The summed E-state index contributed by atoms with van der Waals surface area (Å²) in [5.41, 5.74) is 1.17. The van der Waals surface area contributed by atoms with Gasteiger partial charge in [-0.2, -0.15) is 0 Å². The van der Waals surface area contributed by atoms with Gasteiger partial charge < -0.3 is 0 Å². The summed E-state index contributed by atoms with van der Waals surface area (Å²) in [6.07, 6.45) is 2.42. The lowest BCUT2D eigenvalue weighted by Crippen LogP contribution is -2.27. The van der Waals surface area contributed by atoms with Crippen molar-refractivity contribution in [3.8, 4) is 0 Å². The predicted molar refractivity (Wildman–Crippen MR) is 88.3 cm³/mol. The van der Waals surface area contributed by atoms with Crippen LogP contribution in [0.2, 0.25) is 0 Å². The second kappa shape index (κ2) is 8.78. The molecule has 0 spiro atoms. The van der Waals surface area contributed by atoms with Crippen molar-refractivity contribution < 1.29 is 4.39 Å². The molecule has 1 aromatic rings. The molecule has 0 aliphatic rings. The predicted octanol–water partition coefficient (Wildman–Crippen LogP) is 5.48. The summed E-state index contributed by atoms with van der Waals surface area (Å²) in [6.45, 7) is 12.2. The van der Waals surface area contributed by atoms with E-state index in [0.717, 1.165) is 31.5 Å². The number of hydrogen-bond donors (Lipinski definition) is 0. The highest BCUT2D eigenvalue weighted by Crippen LogP contribution is 2.19. The molecule has 0 aromatic heterocycles. The molecule has 0 aliphatic heterocycles. The van der Waals surface area contributed by atoms with E-state index in [4.69, 9.17) is 0 Å². The van der Waals surface area contributed by atoms with Crippen molar-refractivity contribution >= 4 is 15.9 Å². The molecule has 1 aromatic carbocycles. The van der Waals surface area contributed by atoms with E-state index < -0.39 is 0 Å². The van der Waals surface area contributed by atoms with E-state index in [-0.39, 0.29) is 5.82 Å². The lowest BCUT2D eigenvalue weighted by atomic mass is 10.1. The number of nitrogens with zero attached hydrogens (tertiary/aromatic N) is 1. The summed E-state index contributed by atoms with van der Waals surface area (Å²) in [7, 11) is 0. The van der Waals surface area contributed by atoms with Crippen LogP contribution in [-0.2, 0) is 6.54 Å². The van der Waals surface area contributed by atoms with Gasteiger partial charge in [0, 0.05) is 6.54 Å². The molecule has 0 aliphatic carbocycles. The van der Waals surface area contributed by atoms with Crippen molar-refractivity contribution in [2.75, 3.05) is 13.1 Å². The Labute approximate surface area is 131 Å². The van der Waals surface area contributed by atoms with Crippen LogP contribution in [0.1, 0.15) is 46.1 Å². The molecular formula is C17H27BrFN. The molecule has 0 heterocycles. The van der Waals surface area contributed by atoms with E-state index in [1.165, 1.54) is 18.4 Å². The van der Waals surface area contributed by atoms with Crippen molar-refractivity contribution in [1.29, 1.82) is 0 Å². The number of halogens is 2. The zero-order valence-electron chi connectivity index (χ0n) is 13.1. The second-order valence-corrected chi connectivity index (χ2v) is 7.24. The Hall–Kier alpha value is -0.410. The van der Waals surface area contributed by atoms with Gasteiger partial charge in [0.25, 0.3) is 0 Å². The van der Waals surface area contributed by atoms with E-state index in [2.05, 4.69) is 48.5 Å². The quantitative estimate of drug-likeness (QED) is 0.603. The Morgan fingerprint density at radius 3 is 2.05 bits per heavy atom. The zero-order chi connectivity index (χ0) is 15.1. The Bertz CT molecular complexity index is 392. The number of hydrogen-bond acceptors (Lipinski definition) is 1. The van der Waals surface area contributed by atoms with Gasteiger partial charge in [0.05, 0.1) is 4.47 Å². The molecule has 0 fully saturated rings. The van der Waals surface area contributed by atoms with Crippen molar-refractivity contribution in [3.05, 3.63) is 34.1 Å². The molecule has 20 heavy (non-hydrogen) atoms. The first-order valence-electron chi connectivity index (χ1n) is 7.54. The van der Waals surface area contributed by atoms with E-state index >= 15 is 0 Å². The molecule has 0 saturated carbocycles. The van der Waals surface area contributed by atoms with Gasteiger partial charge in [-0.3, -0.25) is 4.90 Å². The maximum absolute atomic E-state index is 13.3. The molecule has 0 atom stereocenters. The Balaban J connectivity index is 2.63. The molecule has 3 heteroatoms. The standard InChI is InChI=1S/C17H27BrFN/c1-13(2)7-9-20(10-8-14(3)4)12-15-5-6-17(19)16(18)11-15/h5-6,11,13-14H,7-10,12H2,1-4H3. The van der Waals surface area contributed by atoms with Crippen molar-refractivity contribution in [2.45, 2.75) is 47.1 Å². The molecule has 1 nitrogen and oxygen atoms in total. The van der Waals surface area contributed by atoms with Crippen molar-refractivity contribution in [2.24, 2.45) is 11.8 Å². The summed E-state index contributed by atoms with van der Waals surface area (Å²) >= 11 is 3.27. The number of rotatable bonds is 8. The van der Waals surface area contributed by atoms with E-state index in [1.54, 1.807) is 6.07 Å². The third kappa shape index (κ3) is 6.85. The molecule has 114 valence electrons. The maximum Gasteiger partial charge on any atom is 0.137 e. The van der Waals surface area contributed by atoms with Crippen LogP contribution in [0, 0.1) is 17.7 Å². The molecule has 0 unspecified atom stereocenters. The maximum atomic E-state index is 13.3. The summed E-state index contributed by atoms with van der Waals surface area (Å²) in [5.74, 6) is 1.25. The molecule has 1 rings (SSSR count). The van der Waals surface area contributed by atoms with Gasteiger partial charge in [0.2, 0.25) is 0 Å². The van der Waals surface area contributed by atoms with E-state index in [9.17, 15) is 4.39 Å². The topological polar surface area (TPSA) is 3.24 Å². The normalized spacial score (nSPS) is 11.8. The first-order valence-corrected chi connectivity index (χ1v) is 8.34. The molecule has 0 saturated heterocycles. The third-order valence-corrected chi connectivity index (χ3v) is 4.04. The van der Waals surface area contributed by atoms with Crippen LogP contribution in [0.25, 0.3) is 0 Å². The summed E-state index contributed by atoms with van der Waals surface area (Å²) in [5, 5.41) is 0. The first-order chi connectivity index (χ1) is 9.38. The average molecular weight is 344 g/mol. The van der Waals surface area contributed by atoms with Crippen molar-refractivity contribution in [3.63, 3.8) is 0 Å². The molecule has 0 amide bonds. The van der Waals surface area contributed by atoms with Gasteiger partial charge in [-0.05, 0) is 71.4 Å². The Kier molecular flexibility index (Phi) is 7.75. The average Bonchev–Trinajstić information content (AvgIpc) is 2.36. The Morgan fingerprint density at radius 2 is 1.60 bits per heavy atom. The van der Waals surface area contributed by atoms with Gasteiger partial charge in [-0.15, -0.1) is 0 Å². The number of benzene rings is 1. The monoisotopic (exact) mass is 343 g/mol. The molecule has 0 N–H and O–H groups in total. The van der Waals surface area contributed by atoms with Crippen LogP contribution in [0.3, 0.4) is 0 Å². The smallest absolute Gasteiger partial charge is 0.137 e. The van der Waals surface area contributed by atoms with Crippen LogP contribution in [-0.4, -0.2) is 18.0 Å². The minimum atomic E-state index is -0.190. The summed E-state index contributed by atoms with van der Waals surface area (Å²) < 4.78 is 13.8. The van der Waals surface area contributed by atoms with Gasteiger partial charge in [0.1, 0.15) is 5.82 Å². The fourth-order valence-corrected chi connectivity index (χ4v) is 2.47. The first kappa shape index (κ1) is 17.6. The van der Waals surface area contributed by atoms with E-state index in [0.29, 0.717) is 4.47 Å². The highest BCUT2D eigenvalue weighted by Gasteiger charge is 2.09. The third-order valence-electron chi connectivity index (χ3n) is 3.44. The molecule has 0 bridgehead atoms. The Morgan fingerprint density at radius 1 is 1.05 bits per heavy atom. The highest BCUT2D eigenvalue weighted by molar-refractivity contribution is 9.10. The summed E-state index contributed by atoms with van der Waals surface area (Å²) in [4.78, 5) is 2.49. The van der Waals surface area contributed by atoms with E-state index in [1.807, 2.05) is 12.1 Å². The fraction of sp³-hybridized carbons (Fsp3) is 0.647. The highest BCUT2D eigenvalue weighted by atomic mass is 79.9. The van der Waals surface area contributed by atoms with Crippen LogP contribution < -0.4 is 0 Å². The SMILES string of the molecule is CC(C)CCN(CCC(C)C)Cc1ccc(F)c(Br)c1. The second-order valence-electron chi connectivity index (χ2n) is 6.39. The molecular weight excluding hydrogens is 317 g/mol. The van der Waals surface area contributed by atoms with Crippen LogP contribution in [0.15, 0.2) is 22.7 Å². The van der Waals surface area contributed by atoms with Crippen LogP contribution in [0.4, 0.5) is 4.39 Å². The molecule has 0 radical (unpaired) electrons. The largest absolute Gasteiger partial charge is 0.299 e. The van der Waals surface area contributed by atoms with Gasteiger partial charge in [-0.1, -0.05) is 33.8 Å². The van der Waals surface area contributed by atoms with Crippen LogP contribution in [0.5, 0.6) is 0 Å². The van der Waals surface area contributed by atoms with Gasteiger partial charge in [-0.25, -0.2) is 4.39 Å². The fourth-order valence-electron chi connectivity index (χ4n) is 2.05. The minimum Gasteiger partial charge on any atom is -0.299 e. The van der Waals surface area contributed by atoms with Crippen LogP contribution >= 0.6 is 15.9 Å². The zero-order valence-corrected chi connectivity index (χ0v) is 14.7. The lowest BCUT2D eigenvalue weighted by molar-refractivity contribution is 0.235. The van der Waals surface area contributed by atoms with Crippen molar-refractivity contribution in [1.82, 2.24) is 4.90 Å². The van der Waals surface area contributed by atoms with Gasteiger partial charge >= 0.3 is 0 Å². The lowest BCUT2D eigenvalue weighted by Gasteiger charge is -2.24. The summed E-state index contributed by atoms with van der Waals surface area (Å²) in [6, 6.07) is 5.33. The minimum absolute atomic E-state index is 0.190.